The van der Waals surface area contributed by atoms with Crippen molar-refractivity contribution in [2.45, 2.75) is 38.3 Å². The Hall–Kier alpha value is -0.770. The van der Waals surface area contributed by atoms with Gasteiger partial charge in [0.2, 0.25) is 5.91 Å². The molecule has 1 aromatic carbocycles. The van der Waals surface area contributed by atoms with Crippen LogP contribution >= 0.6 is 24.0 Å². The summed E-state index contributed by atoms with van der Waals surface area (Å²) >= 11 is 5.94. The molecule has 0 aromatic heterocycles. The van der Waals surface area contributed by atoms with Gasteiger partial charge in [0.25, 0.3) is 0 Å². The second-order valence-corrected chi connectivity index (χ2v) is 5.65. The Morgan fingerprint density at radius 1 is 1.50 bits per heavy atom. The first kappa shape index (κ1) is 17.3. The van der Waals surface area contributed by atoms with Gasteiger partial charge in [0.1, 0.15) is 0 Å². The zero-order valence-electron chi connectivity index (χ0n) is 11.8. The molecule has 1 atom stereocenters. The lowest BCUT2D eigenvalue weighted by Crippen LogP contribution is -2.29. The zero-order valence-corrected chi connectivity index (χ0v) is 13.3. The Morgan fingerprint density at radius 2 is 2.30 bits per heavy atom. The highest BCUT2D eigenvalue weighted by molar-refractivity contribution is 6.30. The maximum atomic E-state index is 12.1. The van der Waals surface area contributed by atoms with Gasteiger partial charge in [-0.05, 0) is 43.5 Å². The van der Waals surface area contributed by atoms with Gasteiger partial charge in [0.15, 0.2) is 0 Å². The van der Waals surface area contributed by atoms with Gasteiger partial charge in [0, 0.05) is 31.1 Å². The number of hydrogen-bond donors (Lipinski definition) is 1. The van der Waals surface area contributed by atoms with E-state index in [4.69, 9.17) is 11.6 Å². The van der Waals surface area contributed by atoms with Crippen molar-refractivity contribution in [1.82, 2.24) is 10.2 Å². The first-order valence-corrected chi connectivity index (χ1v) is 7.25. The summed E-state index contributed by atoms with van der Waals surface area (Å²) in [5.74, 6) is 0.202. The van der Waals surface area contributed by atoms with Crippen LogP contribution in [0.5, 0.6) is 0 Å². The molecule has 1 aromatic rings. The van der Waals surface area contributed by atoms with Gasteiger partial charge in [-0.1, -0.05) is 23.7 Å². The third-order valence-corrected chi connectivity index (χ3v) is 3.84. The molecular weight excluding hydrogens is 295 g/mol. The molecule has 1 saturated heterocycles. The maximum Gasteiger partial charge on any atom is 0.222 e. The van der Waals surface area contributed by atoms with Crippen LogP contribution in [0.15, 0.2) is 24.3 Å². The monoisotopic (exact) mass is 316 g/mol. The predicted octanol–water partition coefficient (Wildman–Crippen LogP) is 3.25. The van der Waals surface area contributed by atoms with Crippen LogP contribution in [0.4, 0.5) is 0 Å². The van der Waals surface area contributed by atoms with E-state index in [1.54, 1.807) is 4.90 Å². The summed E-state index contributed by atoms with van der Waals surface area (Å²) in [6, 6.07) is 8.19. The second kappa shape index (κ2) is 8.50. The second-order valence-electron chi connectivity index (χ2n) is 5.21. The molecule has 1 aliphatic rings. The highest BCUT2D eigenvalue weighted by Gasteiger charge is 2.17. The highest BCUT2D eigenvalue weighted by Crippen LogP contribution is 2.14. The number of rotatable bonds is 5. The Labute approximate surface area is 132 Å². The molecule has 1 aliphatic heterocycles. The number of amides is 1. The van der Waals surface area contributed by atoms with Crippen LogP contribution in [-0.2, 0) is 11.3 Å². The zero-order chi connectivity index (χ0) is 13.7. The van der Waals surface area contributed by atoms with Crippen molar-refractivity contribution in [2.75, 3.05) is 13.6 Å². The summed E-state index contributed by atoms with van der Waals surface area (Å²) in [5.41, 5.74) is 1.07. The summed E-state index contributed by atoms with van der Waals surface area (Å²) < 4.78 is 0. The van der Waals surface area contributed by atoms with Crippen molar-refractivity contribution in [2.24, 2.45) is 0 Å². The Kier molecular flexibility index (Phi) is 7.35. The number of nitrogens with zero attached hydrogens (tertiary/aromatic N) is 1. The van der Waals surface area contributed by atoms with E-state index >= 15 is 0 Å². The van der Waals surface area contributed by atoms with E-state index in [0.717, 1.165) is 18.5 Å². The van der Waals surface area contributed by atoms with Crippen LogP contribution in [0.2, 0.25) is 5.02 Å². The Balaban J connectivity index is 0.00000200. The molecule has 1 unspecified atom stereocenters. The van der Waals surface area contributed by atoms with Gasteiger partial charge < -0.3 is 10.2 Å². The number of carbonyl (C=O) groups excluding carboxylic acids is 1. The maximum absolute atomic E-state index is 12.1. The molecule has 2 rings (SSSR count). The van der Waals surface area contributed by atoms with Gasteiger partial charge in [-0.25, -0.2) is 0 Å². The first-order chi connectivity index (χ1) is 9.15. The smallest absolute Gasteiger partial charge is 0.222 e. The van der Waals surface area contributed by atoms with Gasteiger partial charge in [0.05, 0.1) is 0 Å². The average Bonchev–Trinajstić information content (AvgIpc) is 2.89. The van der Waals surface area contributed by atoms with Gasteiger partial charge in [-0.3, -0.25) is 4.79 Å². The highest BCUT2D eigenvalue weighted by atomic mass is 35.5. The lowest BCUT2D eigenvalue weighted by molar-refractivity contribution is -0.130. The number of hydrogen-bond acceptors (Lipinski definition) is 2. The molecule has 20 heavy (non-hydrogen) atoms. The van der Waals surface area contributed by atoms with Crippen molar-refractivity contribution in [1.29, 1.82) is 0 Å². The standard InChI is InChI=1S/C15H21ClN2O.ClH/c1-18(11-12-4-2-5-13(16)10-12)15(19)8-7-14-6-3-9-17-14;/h2,4-5,10,14,17H,3,6-9,11H2,1H3;1H. The van der Waals surface area contributed by atoms with Gasteiger partial charge in [-0.2, -0.15) is 0 Å². The van der Waals surface area contributed by atoms with Crippen molar-refractivity contribution in [3.63, 3.8) is 0 Å². The Morgan fingerprint density at radius 3 is 2.95 bits per heavy atom. The largest absolute Gasteiger partial charge is 0.341 e. The molecule has 112 valence electrons. The third kappa shape index (κ3) is 5.31. The van der Waals surface area contributed by atoms with E-state index < -0.39 is 0 Å². The quantitative estimate of drug-likeness (QED) is 0.904. The topological polar surface area (TPSA) is 32.3 Å². The summed E-state index contributed by atoms with van der Waals surface area (Å²) in [6.45, 7) is 1.72. The fourth-order valence-electron chi connectivity index (χ4n) is 2.49. The number of nitrogens with one attached hydrogen (secondary N) is 1. The van der Waals surface area contributed by atoms with Crippen LogP contribution in [0.1, 0.15) is 31.2 Å². The predicted molar refractivity (Wildman–Crippen MR) is 85.4 cm³/mol. The van der Waals surface area contributed by atoms with Crippen molar-refractivity contribution in [3.8, 4) is 0 Å². The molecule has 0 radical (unpaired) electrons. The van der Waals surface area contributed by atoms with E-state index in [0.29, 0.717) is 24.0 Å². The summed E-state index contributed by atoms with van der Waals surface area (Å²) in [6.07, 6.45) is 4.00. The van der Waals surface area contributed by atoms with E-state index in [9.17, 15) is 4.79 Å². The van der Waals surface area contributed by atoms with Crippen LogP contribution in [0, 0.1) is 0 Å². The van der Waals surface area contributed by atoms with Crippen LogP contribution in [0.25, 0.3) is 0 Å². The SMILES string of the molecule is CN(Cc1cccc(Cl)c1)C(=O)CCC1CCCN1.Cl. The number of halogens is 2. The minimum Gasteiger partial charge on any atom is -0.341 e. The molecule has 0 saturated carbocycles. The molecule has 1 amide bonds. The van der Waals surface area contributed by atoms with Crippen LogP contribution < -0.4 is 5.32 Å². The molecule has 5 heteroatoms. The van der Waals surface area contributed by atoms with E-state index in [2.05, 4.69) is 5.32 Å². The molecule has 0 aliphatic carbocycles. The molecule has 3 nitrogen and oxygen atoms in total. The fourth-order valence-corrected chi connectivity index (χ4v) is 2.70. The molecule has 1 heterocycles. The third-order valence-electron chi connectivity index (χ3n) is 3.60. The summed E-state index contributed by atoms with van der Waals surface area (Å²) in [5, 5.41) is 4.14. The normalized spacial score (nSPS) is 17.6. The van der Waals surface area contributed by atoms with Crippen LogP contribution in [0.3, 0.4) is 0 Å². The summed E-state index contributed by atoms with van der Waals surface area (Å²) in [4.78, 5) is 13.8. The number of carbonyl (C=O) groups is 1. The van der Waals surface area contributed by atoms with Gasteiger partial charge in [-0.15, -0.1) is 12.4 Å². The molecule has 0 spiro atoms. The minimum atomic E-state index is 0. The molecular formula is C15H22Cl2N2O. The lowest BCUT2D eigenvalue weighted by Gasteiger charge is -2.18. The van der Waals surface area contributed by atoms with Crippen molar-refractivity contribution in [3.05, 3.63) is 34.9 Å². The van der Waals surface area contributed by atoms with Gasteiger partial charge >= 0.3 is 0 Å². The molecule has 0 bridgehead atoms. The average molecular weight is 317 g/mol. The van der Waals surface area contributed by atoms with E-state index in [1.165, 1.54) is 12.8 Å². The van der Waals surface area contributed by atoms with E-state index in [-0.39, 0.29) is 18.3 Å². The molecule has 1 N–H and O–H groups in total. The van der Waals surface area contributed by atoms with Crippen molar-refractivity contribution >= 4 is 29.9 Å². The number of benzene rings is 1. The van der Waals surface area contributed by atoms with E-state index in [1.807, 2.05) is 31.3 Å². The first-order valence-electron chi connectivity index (χ1n) is 6.87. The molecule has 1 fully saturated rings. The summed E-state index contributed by atoms with van der Waals surface area (Å²) in [7, 11) is 1.85. The minimum absolute atomic E-state index is 0. The van der Waals surface area contributed by atoms with Crippen LogP contribution in [-0.4, -0.2) is 30.4 Å². The Bertz CT molecular complexity index is 434. The lowest BCUT2D eigenvalue weighted by atomic mass is 10.1. The van der Waals surface area contributed by atoms with Crippen molar-refractivity contribution < 1.29 is 4.79 Å². The fraction of sp³-hybridized carbons (Fsp3) is 0.533.